The van der Waals surface area contributed by atoms with Gasteiger partial charge >= 0.3 is 0 Å². The largest absolute Gasteiger partial charge is 0.352 e. The number of para-hydroxylation sites is 2. The van der Waals surface area contributed by atoms with Crippen molar-refractivity contribution in [2.75, 3.05) is 10.2 Å². The van der Waals surface area contributed by atoms with Crippen molar-refractivity contribution in [2.24, 2.45) is 5.92 Å². The molecule has 11 heteroatoms. The third kappa shape index (κ3) is 3.93. The molecule has 0 aliphatic carbocycles. The number of nitrogens with zero attached hydrogens (tertiary/aromatic N) is 3. The Morgan fingerprint density at radius 2 is 1.49 bits per heavy atom. The summed E-state index contributed by atoms with van der Waals surface area (Å²) >= 11 is 0. The van der Waals surface area contributed by atoms with Gasteiger partial charge in [0, 0.05) is 52.3 Å². The number of nitrogens with one attached hydrogen (secondary N) is 1. The van der Waals surface area contributed by atoms with Gasteiger partial charge in [0.2, 0.25) is 5.91 Å². The van der Waals surface area contributed by atoms with Gasteiger partial charge in [-0.3, -0.25) is 34.6 Å². The molecule has 1 spiro atoms. The molecule has 0 bridgehead atoms. The van der Waals surface area contributed by atoms with Crippen LogP contribution in [0.3, 0.4) is 0 Å². The molecule has 0 unspecified atom stereocenters. The first-order valence-corrected chi connectivity index (χ1v) is 14.2. The molecule has 1 saturated heterocycles. The number of carbonyl (C=O) groups is 3. The molecule has 1 amide bonds. The number of benzene rings is 4. The average molecular weight is 601 g/mol. The first-order valence-electron chi connectivity index (χ1n) is 14.2. The summed E-state index contributed by atoms with van der Waals surface area (Å²) < 4.78 is 0. The van der Waals surface area contributed by atoms with Crippen LogP contribution in [0.15, 0.2) is 103 Å². The monoisotopic (exact) mass is 600 g/mol. The van der Waals surface area contributed by atoms with Crippen LogP contribution in [0.25, 0.3) is 5.57 Å². The van der Waals surface area contributed by atoms with Crippen molar-refractivity contribution < 1.29 is 24.2 Å². The predicted molar refractivity (Wildman–Crippen MR) is 165 cm³/mol. The highest BCUT2D eigenvalue weighted by molar-refractivity contribution is 6.18. The summed E-state index contributed by atoms with van der Waals surface area (Å²) in [5.74, 6) is -2.93. The van der Waals surface area contributed by atoms with E-state index in [0.717, 1.165) is 17.2 Å². The summed E-state index contributed by atoms with van der Waals surface area (Å²) in [6.07, 6.45) is 1.90. The van der Waals surface area contributed by atoms with E-state index in [4.69, 9.17) is 0 Å². The highest BCUT2D eigenvalue weighted by atomic mass is 16.6. The number of ketones is 2. The Kier molecular flexibility index (Phi) is 6.22. The van der Waals surface area contributed by atoms with Crippen molar-refractivity contribution >= 4 is 45.8 Å². The smallest absolute Gasteiger partial charge is 0.270 e. The van der Waals surface area contributed by atoms with Crippen molar-refractivity contribution in [3.8, 4) is 0 Å². The molecule has 7 rings (SSSR count). The Labute approximate surface area is 256 Å². The maximum Gasteiger partial charge on any atom is 0.270 e. The summed E-state index contributed by atoms with van der Waals surface area (Å²) in [6, 6.07) is 22.8. The van der Waals surface area contributed by atoms with Crippen LogP contribution < -0.4 is 10.2 Å². The number of amides is 1. The van der Waals surface area contributed by atoms with Crippen molar-refractivity contribution in [1.82, 2.24) is 0 Å². The number of hydrogen-bond donors (Lipinski definition) is 1. The highest BCUT2D eigenvalue weighted by Gasteiger charge is 2.70. The van der Waals surface area contributed by atoms with Gasteiger partial charge in [-0.2, -0.15) is 0 Å². The molecule has 222 valence electrons. The normalized spacial score (nSPS) is 22.6. The van der Waals surface area contributed by atoms with E-state index in [1.807, 2.05) is 42.2 Å². The molecule has 1 fully saturated rings. The second-order valence-electron chi connectivity index (χ2n) is 11.4. The van der Waals surface area contributed by atoms with Crippen LogP contribution in [0.1, 0.15) is 38.8 Å². The fourth-order valence-corrected chi connectivity index (χ4v) is 7.26. The minimum absolute atomic E-state index is 0.0129. The zero-order chi connectivity index (χ0) is 31.6. The van der Waals surface area contributed by atoms with Crippen molar-refractivity contribution in [3.63, 3.8) is 0 Å². The number of Topliss-reactive ketones (excluding diaryl/α,β-unsaturated/α-hetero) is 2. The summed E-state index contributed by atoms with van der Waals surface area (Å²) in [5.41, 5.74) is 1.36. The Hall–Kier alpha value is -5.97. The number of non-ortho nitro benzene ring substituents is 2. The first-order chi connectivity index (χ1) is 21.6. The number of rotatable bonds is 6. The number of allylic oxidation sites excluding steroid dienone is 1. The van der Waals surface area contributed by atoms with Crippen LogP contribution in [0, 0.1) is 26.1 Å². The van der Waals surface area contributed by atoms with Crippen molar-refractivity contribution in [2.45, 2.75) is 24.4 Å². The van der Waals surface area contributed by atoms with Crippen LogP contribution in [-0.2, 0) is 10.2 Å². The van der Waals surface area contributed by atoms with Gasteiger partial charge in [0.15, 0.2) is 11.6 Å². The van der Waals surface area contributed by atoms with Gasteiger partial charge in [-0.25, -0.2) is 0 Å². The van der Waals surface area contributed by atoms with E-state index in [-0.39, 0.29) is 22.5 Å². The molecule has 1 N–H and O–H groups in total. The SMILES string of the molecule is CC1=C[C@@H]2N(c3ccccc31)[C@H](C(=O)c1ccc([N+](=O)[O-])cc1)[C@@H](C(=O)c1cccc([N+](=O)[O-])c1)[C@]21C(=O)Nc2ccccc21. The van der Waals surface area contributed by atoms with Gasteiger partial charge in [0.05, 0.1) is 21.8 Å². The van der Waals surface area contributed by atoms with Gasteiger partial charge in [-0.15, -0.1) is 0 Å². The number of fused-ring (bicyclic) bond motifs is 6. The van der Waals surface area contributed by atoms with Gasteiger partial charge in [-0.1, -0.05) is 54.6 Å². The first kappa shape index (κ1) is 27.8. The van der Waals surface area contributed by atoms with Gasteiger partial charge in [0.1, 0.15) is 11.5 Å². The number of nitro benzene ring substituents is 2. The number of anilines is 2. The number of hydrogen-bond acceptors (Lipinski definition) is 8. The molecule has 3 aliphatic rings. The molecule has 0 radical (unpaired) electrons. The second kappa shape index (κ2) is 10.1. The molecule has 45 heavy (non-hydrogen) atoms. The minimum Gasteiger partial charge on any atom is -0.352 e. The fraction of sp³-hybridized carbons (Fsp3) is 0.147. The Morgan fingerprint density at radius 3 is 2.22 bits per heavy atom. The standard InChI is InChI=1S/C34H24N4O7/c1-19-17-28-34(25-10-3-4-11-26(25)35-33(34)41)29(31(39)21-7-6-8-23(18-21)38(44)45)30(36(28)27-12-5-2-9-24(19)27)32(40)20-13-15-22(16-14-20)37(42)43/h2-18,28-30H,1H3,(H,35,41)/t28-,29-,30-,34+/m0/s1. The van der Waals surface area contributed by atoms with Gasteiger partial charge in [0.25, 0.3) is 11.4 Å². The van der Waals surface area contributed by atoms with Gasteiger partial charge in [-0.05, 0) is 42.3 Å². The summed E-state index contributed by atoms with van der Waals surface area (Å²) in [5, 5.41) is 26.0. The maximum absolute atomic E-state index is 14.9. The zero-order valence-electron chi connectivity index (χ0n) is 23.7. The molecule has 11 nitrogen and oxygen atoms in total. The lowest BCUT2D eigenvalue weighted by atomic mass is 9.64. The average Bonchev–Trinajstić information content (AvgIpc) is 3.52. The summed E-state index contributed by atoms with van der Waals surface area (Å²) in [4.78, 5) is 67.7. The zero-order valence-corrected chi connectivity index (χ0v) is 23.7. The minimum atomic E-state index is -1.60. The summed E-state index contributed by atoms with van der Waals surface area (Å²) in [7, 11) is 0. The molecule has 3 aliphatic heterocycles. The van der Waals surface area contributed by atoms with Crippen molar-refractivity contribution in [3.05, 3.63) is 146 Å². The fourth-order valence-electron chi connectivity index (χ4n) is 7.26. The van der Waals surface area contributed by atoms with Crippen LogP contribution in [-0.4, -0.2) is 39.4 Å². The molecule has 3 heterocycles. The molecule has 4 aromatic carbocycles. The molecule has 0 saturated carbocycles. The van der Waals surface area contributed by atoms with E-state index in [2.05, 4.69) is 5.32 Å². The molecule has 4 aromatic rings. The molecule has 0 aromatic heterocycles. The van der Waals surface area contributed by atoms with E-state index in [0.29, 0.717) is 16.9 Å². The third-order valence-electron chi connectivity index (χ3n) is 9.14. The van der Waals surface area contributed by atoms with Crippen molar-refractivity contribution in [1.29, 1.82) is 0 Å². The van der Waals surface area contributed by atoms with E-state index in [1.54, 1.807) is 24.3 Å². The Bertz CT molecular complexity index is 2000. The maximum atomic E-state index is 14.9. The van der Waals surface area contributed by atoms with E-state index in [1.165, 1.54) is 42.5 Å². The second-order valence-corrected chi connectivity index (χ2v) is 11.4. The quantitative estimate of drug-likeness (QED) is 0.167. The van der Waals surface area contributed by atoms with E-state index < -0.39 is 50.7 Å². The highest BCUT2D eigenvalue weighted by Crippen LogP contribution is 2.58. The van der Waals surface area contributed by atoms with Gasteiger partial charge < -0.3 is 10.2 Å². The van der Waals surface area contributed by atoms with E-state index in [9.17, 15) is 34.6 Å². The lowest BCUT2D eigenvalue weighted by molar-refractivity contribution is -0.385. The predicted octanol–water partition coefficient (Wildman–Crippen LogP) is 5.75. The topological polar surface area (TPSA) is 153 Å². The van der Waals surface area contributed by atoms with Crippen LogP contribution in [0.4, 0.5) is 22.7 Å². The van der Waals surface area contributed by atoms with Crippen LogP contribution in [0.2, 0.25) is 0 Å². The number of carbonyl (C=O) groups excluding carboxylic acids is 3. The molecular formula is C34H24N4O7. The van der Waals surface area contributed by atoms with Crippen LogP contribution >= 0.6 is 0 Å². The lowest BCUT2D eigenvalue weighted by Gasteiger charge is -2.39. The molecule has 4 atom stereocenters. The van der Waals surface area contributed by atoms with Crippen LogP contribution in [0.5, 0.6) is 0 Å². The molecular weight excluding hydrogens is 576 g/mol. The summed E-state index contributed by atoms with van der Waals surface area (Å²) in [6.45, 7) is 1.91. The lowest BCUT2D eigenvalue weighted by Crippen LogP contribution is -2.51. The third-order valence-corrected chi connectivity index (χ3v) is 9.14. The number of nitro groups is 2. The Balaban J connectivity index is 1.53. The Morgan fingerprint density at radius 1 is 0.800 bits per heavy atom. The van der Waals surface area contributed by atoms with E-state index >= 15 is 0 Å².